The zero-order chi connectivity index (χ0) is 8.97. The molecule has 1 heterocycles. The molecule has 0 aromatic carbocycles. The van der Waals surface area contributed by atoms with Crippen molar-refractivity contribution in [2.24, 2.45) is 12.8 Å². The molecule has 0 atom stereocenters. The van der Waals surface area contributed by atoms with Crippen LogP contribution in [0.3, 0.4) is 0 Å². The lowest BCUT2D eigenvalue weighted by atomic mass is 10.2. The van der Waals surface area contributed by atoms with Gasteiger partial charge in [0.1, 0.15) is 0 Å². The maximum atomic E-state index is 5.47. The van der Waals surface area contributed by atoms with Crippen molar-refractivity contribution in [1.82, 2.24) is 9.78 Å². The molecule has 1 aromatic rings. The summed E-state index contributed by atoms with van der Waals surface area (Å²) in [5.74, 6) is 0. The number of nitrogens with zero attached hydrogens (tertiary/aromatic N) is 2. The number of hydrogen-bond acceptors (Lipinski definition) is 2. The van der Waals surface area contributed by atoms with E-state index in [9.17, 15) is 0 Å². The fourth-order valence-corrected chi connectivity index (χ4v) is 1.33. The summed E-state index contributed by atoms with van der Waals surface area (Å²) in [4.78, 5) is 0. The zero-order valence-corrected chi connectivity index (χ0v) is 7.88. The van der Waals surface area contributed by atoms with E-state index < -0.39 is 0 Å². The van der Waals surface area contributed by atoms with Crippen LogP contribution in [0.5, 0.6) is 0 Å². The van der Waals surface area contributed by atoms with Crippen LogP contribution in [-0.4, -0.2) is 16.3 Å². The summed E-state index contributed by atoms with van der Waals surface area (Å²) in [6.07, 6.45) is 3.14. The molecule has 1 rings (SSSR count). The van der Waals surface area contributed by atoms with Crippen molar-refractivity contribution in [2.75, 3.05) is 6.54 Å². The minimum Gasteiger partial charge on any atom is -0.330 e. The van der Waals surface area contributed by atoms with Gasteiger partial charge in [-0.3, -0.25) is 4.68 Å². The van der Waals surface area contributed by atoms with Crippen molar-refractivity contribution in [3.05, 3.63) is 17.5 Å². The third-order valence-corrected chi connectivity index (χ3v) is 1.93. The van der Waals surface area contributed by atoms with Gasteiger partial charge >= 0.3 is 0 Å². The second kappa shape index (κ2) is 4.26. The van der Waals surface area contributed by atoms with Gasteiger partial charge in [-0.25, -0.2) is 0 Å². The van der Waals surface area contributed by atoms with Gasteiger partial charge in [0.05, 0.1) is 5.69 Å². The lowest BCUT2D eigenvalue weighted by molar-refractivity contribution is 0.689. The molecular weight excluding hydrogens is 150 g/mol. The molecule has 0 spiro atoms. The second-order valence-electron chi connectivity index (χ2n) is 3.04. The molecule has 3 heteroatoms. The fraction of sp³-hybridized carbons (Fsp3) is 0.667. The summed E-state index contributed by atoms with van der Waals surface area (Å²) in [5.41, 5.74) is 7.89. The number of hydrogen-bond donors (Lipinski definition) is 1. The monoisotopic (exact) mass is 167 g/mol. The van der Waals surface area contributed by atoms with Crippen LogP contribution in [0.4, 0.5) is 0 Å². The van der Waals surface area contributed by atoms with Crippen molar-refractivity contribution in [1.29, 1.82) is 0 Å². The van der Waals surface area contributed by atoms with Gasteiger partial charge in [-0.1, -0.05) is 13.3 Å². The number of aryl methyl sites for hydroxylation is 2. The van der Waals surface area contributed by atoms with Gasteiger partial charge in [-0.05, 0) is 19.0 Å². The summed E-state index contributed by atoms with van der Waals surface area (Å²) in [5, 5.41) is 4.38. The van der Waals surface area contributed by atoms with Gasteiger partial charge in [0.2, 0.25) is 0 Å². The Morgan fingerprint density at radius 1 is 1.50 bits per heavy atom. The molecule has 3 nitrogen and oxygen atoms in total. The Kier molecular flexibility index (Phi) is 3.29. The minimum absolute atomic E-state index is 0.700. The number of nitrogens with two attached hydrogens (primary N) is 1. The van der Waals surface area contributed by atoms with Crippen LogP contribution in [0.25, 0.3) is 0 Å². The van der Waals surface area contributed by atoms with E-state index in [0.717, 1.165) is 19.3 Å². The number of aromatic nitrogens is 2. The highest BCUT2D eigenvalue weighted by molar-refractivity contribution is 5.10. The summed E-state index contributed by atoms with van der Waals surface area (Å²) in [6, 6.07) is 2.15. The Bertz CT molecular complexity index is 240. The molecule has 0 fully saturated rings. The largest absolute Gasteiger partial charge is 0.330 e. The normalized spacial score (nSPS) is 10.6. The Labute approximate surface area is 73.6 Å². The molecule has 0 amide bonds. The summed E-state index contributed by atoms with van der Waals surface area (Å²) in [7, 11) is 1.98. The van der Waals surface area contributed by atoms with E-state index in [0.29, 0.717) is 6.54 Å². The molecule has 2 N–H and O–H groups in total. The van der Waals surface area contributed by atoms with Crippen LogP contribution < -0.4 is 5.73 Å². The highest BCUT2D eigenvalue weighted by Crippen LogP contribution is 2.05. The van der Waals surface area contributed by atoms with Crippen molar-refractivity contribution in [2.45, 2.75) is 26.2 Å². The standard InChI is InChI=1S/C9H17N3/c1-3-4-8-7-9(5-6-10)12(2)11-8/h7H,3-6,10H2,1-2H3. The number of rotatable bonds is 4. The van der Waals surface area contributed by atoms with Crippen molar-refractivity contribution >= 4 is 0 Å². The van der Waals surface area contributed by atoms with Crippen LogP contribution in [-0.2, 0) is 19.9 Å². The van der Waals surface area contributed by atoms with Gasteiger partial charge < -0.3 is 5.73 Å². The zero-order valence-electron chi connectivity index (χ0n) is 7.88. The topological polar surface area (TPSA) is 43.8 Å². The Balaban J connectivity index is 2.70. The first-order chi connectivity index (χ1) is 5.77. The third-order valence-electron chi connectivity index (χ3n) is 1.93. The predicted octanol–water partition coefficient (Wildman–Crippen LogP) is 0.874. The first-order valence-electron chi connectivity index (χ1n) is 4.49. The molecule has 0 aliphatic heterocycles. The highest BCUT2D eigenvalue weighted by Gasteiger charge is 2.02. The van der Waals surface area contributed by atoms with Crippen LogP contribution in [0.15, 0.2) is 6.07 Å². The molecule has 0 unspecified atom stereocenters. The van der Waals surface area contributed by atoms with E-state index in [1.165, 1.54) is 11.4 Å². The van der Waals surface area contributed by atoms with E-state index in [2.05, 4.69) is 18.1 Å². The van der Waals surface area contributed by atoms with Crippen molar-refractivity contribution in [3.8, 4) is 0 Å². The average molecular weight is 167 g/mol. The molecular formula is C9H17N3. The van der Waals surface area contributed by atoms with Crippen LogP contribution in [0, 0.1) is 0 Å². The van der Waals surface area contributed by atoms with Gasteiger partial charge in [0, 0.05) is 19.2 Å². The highest BCUT2D eigenvalue weighted by atomic mass is 15.3. The van der Waals surface area contributed by atoms with E-state index >= 15 is 0 Å². The Morgan fingerprint density at radius 2 is 2.25 bits per heavy atom. The minimum atomic E-state index is 0.700. The van der Waals surface area contributed by atoms with E-state index in [-0.39, 0.29) is 0 Å². The van der Waals surface area contributed by atoms with Gasteiger partial charge in [-0.15, -0.1) is 0 Å². The molecule has 0 bridgehead atoms. The van der Waals surface area contributed by atoms with E-state index in [1.807, 2.05) is 11.7 Å². The first kappa shape index (κ1) is 9.26. The molecule has 0 aliphatic carbocycles. The van der Waals surface area contributed by atoms with Gasteiger partial charge in [-0.2, -0.15) is 5.10 Å². The summed E-state index contributed by atoms with van der Waals surface area (Å²) < 4.78 is 1.93. The van der Waals surface area contributed by atoms with Gasteiger partial charge in [0.15, 0.2) is 0 Å². The van der Waals surface area contributed by atoms with Crippen molar-refractivity contribution in [3.63, 3.8) is 0 Å². The Hall–Kier alpha value is -0.830. The van der Waals surface area contributed by atoms with Crippen molar-refractivity contribution < 1.29 is 0 Å². The van der Waals surface area contributed by atoms with Crippen LogP contribution >= 0.6 is 0 Å². The lowest BCUT2D eigenvalue weighted by Gasteiger charge is -1.96. The predicted molar refractivity (Wildman–Crippen MR) is 50.0 cm³/mol. The summed E-state index contributed by atoms with van der Waals surface area (Å²) >= 11 is 0. The molecule has 0 aliphatic rings. The Morgan fingerprint density at radius 3 is 2.83 bits per heavy atom. The van der Waals surface area contributed by atoms with Gasteiger partial charge in [0.25, 0.3) is 0 Å². The molecule has 0 saturated heterocycles. The maximum Gasteiger partial charge on any atom is 0.0627 e. The molecule has 68 valence electrons. The quantitative estimate of drug-likeness (QED) is 0.723. The van der Waals surface area contributed by atoms with E-state index in [4.69, 9.17) is 5.73 Å². The fourth-order valence-electron chi connectivity index (χ4n) is 1.33. The third kappa shape index (κ3) is 2.08. The summed E-state index contributed by atoms with van der Waals surface area (Å²) in [6.45, 7) is 2.86. The lowest BCUT2D eigenvalue weighted by Crippen LogP contribution is -2.06. The average Bonchev–Trinajstić information content (AvgIpc) is 2.34. The molecule has 1 aromatic heterocycles. The van der Waals surface area contributed by atoms with Crippen LogP contribution in [0.1, 0.15) is 24.7 Å². The SMILES string of the molecule is CCCc1cc(CCN)n(C)n1. The first-order valence-corrected chi connectivity index (χ1v) is 4.49. The molecule has 0 saturated carbocycles. The van der Waals surface area contributed by atoms with E-state index in [1.54, 1.807) is 0 Å². The smallest absolute Gasteiger partial charge is 0.0627 e. The molecule has 12 heavy (non-hydrogen) atoms. The molecule has 0 radical (unpaired) electrons. The van der Waals surface area contributed by atoms with Crippen LogP contribution in [0.2, 0.25) is 0 Å². The second-order valence-corrected chi connectivity index (χ2v) is 3.04. The maximum absolute atomic E-state index is 5.47.